The highest BCUT2D eigenvalue weighted by Crippen LogP contribution is 2.23. The molecule has 2 aromatic heterocycles. The first-order valence-corrected chi connectivity index (χ1v) is 8.76. The van der Waals surface area contributed by atoms with Crippen LogP contribution >= 0.6 is 0 Å². The van der Waals surface area contributed by atoms with Gasteiger partial charge in [0.15, 0.2) is 5.65 Å². The molecule has 0 saturated carbocycles. The van der Waals surface area contributed by atoms with E-state index in [1.807, 2.05) is 32.4 Å². The van der Waals surface area contributed by atoms with E-state index >= 15 is 0 Å². The van der Waals surface area contributed by atoms with Gasteiger partial charge >= 0.3 is 0 Å². The summed E-state index contributed by atoms with van der Waals surface area (Å²) in [6, 6.07) is 8.00. The van der Waals surface area contributed by atoms with Gasteiger partial charge in [0.25, 0.3) is 5.91 Å². The number of carbonyl (C=O) groups is 1. The van der Waals surface area contributed by atoms with Gasteiger partial charge in [-0.25, -0.2) is 14.1 Å². The molecule has 0 spiro atoms. The molecule has 0 aliphatic heterocycles. The van der Waals surface area contributed by atoms with Crippen LogP contribution in [0.1, 0.15) is 55.7 Å². The van der Waals surface area contributed by atoms with Gasteiger partial charge in [-0.3, -0.25) is 4.79 Å². The quantitative estimate of drug-likeness (QED) is 0.744. The Morgan fingerprint density at radius 3 is 2.42 bits per heavy atom. The molecule has 0 aliphatic rings. The summed E-state index contributed by atoms with van der Waals surface area (Å²) in [6.45, 7) is 8.10. The standard InChI is InChI=1S/C20H23FN4O/c1-12(2)18(14-5-7-17(21)8-6-14)24-20(26)16-9-15-11-23-25(13(3)4)19(15)22-10-16/h5-13,18H,1-4H3,(H,24,26). The molecule has 0 fully saturated rings. The maximum absolute atomic E-state index is 13.2. The molecule has 1 N–H and O–H groups in total. The summed E-state index contributed by atoms with van der Waals surface area (Å²) in [5, 5.41) is 8.19. The van der Waals surface area contributed by atoms with Crippen molar-refractivity contribution in [3.63, 3.8) is 0 Å². The summed E-state index contributed by atoms with van der Waals surface area (Å²) in [5.41, 5.74) is 2.11. The Labute approximate surface area is 152 Å². The lowest BCUT2D eigenvalue weighted by Gasteiger charge is -2.23. The number of amides is 1. The van der Waals surface area contributed by atoms with Gasteiger partial charge in [-0.1, -0.05) is 26.0 Å². The molecule has 1 unspecified atom stereocenters. The Morgan fingerprint density at radius 1 is 1.12 bits per heavy atom. The molecule has 3 aromatic rings. The Bertz CT molecular complexity index is 915. The van der Waals surface area contributed by atoms with Gasteiger partial charge < -0.3 is 5.32 Å². The third kappa shape index (κ3) is 3.59. The summed E-state index contributed by atoms with van der Waals surface area (Å²) in [4.78, 5) is 17.1. The van der Waals surface area contributed by atoms with Crippen LogP contribution in [0.2, 0.25) is 0 Å². The number of fused-ring (bicyclic) bond motifs is 1. The normalized spacial score (nSPS) is 12.7. The highest BCUT2D eigenvalue weighted by atomic mass is 19.1. The van der Waals surface area contributed by atoms with Crippen molar-refractivity contribution in [3.8, 4) is 0 Å². The van der Waals surface area contributed by atoms with Crippen LogP contribution in [0.3, 0.4) is 0 Å². The van der Waals surface area contributed by atoms with Crippen molar-refractivity contribution >= 4 is 16.9 Å². The summed E-state index contributed by atoms with van der Waals surface area (Å²) < 4.78 is 15.0. The number of aromatic nitrogens is 3. The van der Waals surface area contributed by atoms with Crippen molar-refractivity contribution in [2.75, 3.05) is 0 Å². The van der Waals surface area contributed by atoms with E-state index in [0.29, 0.717) is 5.56 Å². The first kappa shape index (κ1) is 18.0. The number of halogens is 1. The minimum absolute atomic E-state index is 0.157. The van der Waals surface area contributed by atoms with Gasteiger partial charge in [-0.05, 0) is 43.5 Å². The minimum Gasteiger partial charge on any atom is -0.345 e. The van der Waals surface area contributed by atoms with E-state index < -0.39 is 0 Å². The molecule has 0 radical (unpaired) electrons. The molecule has 0 aliphatic carbocycles. The molecule has 5 nitrogen and oxygen atoms in total. The number of nitrogens with one attached hydrogen (secondary N) is 1. The number of hydrogen-bond acceptors (Lipinski definition) is 3. The van der Waals surface area contributed by atoms with E-state index in [0.717, 1.165) is 16.6 Å². The van der Waals surface area contributed by atoms with Crippen LogP contribution < -0.4 is 5.32 Å². The van der Waals surface area contributed by atoms with Crippen LogP contribution in [-0.4, -0.2) is 20.7 Å². The summed E-state index contributed by atoms with van der Waals surface area (Å²) in [5.74, 6) is -0.344. The molecule has 1 atom stereocenters. The second-order valence-electron chi connectivity index (χ2n) is 7.07. The van der Waals surface area contributed by atoms with Crippen LogP contribution in [-0.2, 0) is 0 Å². The minimum atomic E-state index is -0.292. The van der Waals surface area contributed by atoms with Crippen LogP contribution in [0.25, 0.3) is 11.0 Å². The molecule has 26 heavy (non-hydrogen) atoms. The lowest BCUT2D eigenvalue weighted by atomic mass is 9.95. The summed E-state index contributed by atoms with van der Waals surface area (Å²) in [6.07, 6.45) is 3.29. The number of rotatable bonds is 5. The van der Waals surface area contributed by atoms with Crippen molar-refractivity contribution in [1.29, 1.82) is 0 Å². The van der Waals surface area contributed by atoms with Gasteiger partial charge in [-0.2, -0.15) is 5.10 Å². The number of hydrogen-bond donors (Lipinski definition) is 1. The number of benzene rings is 1. The monoisotopic (exact) mass is 354 g/mol. The molecular formula is C20H23FN4O. The Morgan fingerprint density at radius 2 is 1.81 bits per heavy atom. The highest BCUT2D eigenvalue weighted by molar-refractivity contribution is 5.97. The second kappa shape index (κ2) is 7.23. The SMILES string of the molecule is CC(C)C(NC(=O)c1cnc2c(cnn2C(C)C)c1)c1ccc(F)cc1. The number of pyridine rings is 1. The molecule has 0 saturated heterocycles. The van der Waals surface area contributed by atoms with E-state index in [2.05, 4.69) is 15.4 Å². The fourth-order valence-corrected chi connectivity index (χ4v) is 2.97. The first-order chi connectivity index (χ1) is 12.4. The van der Waals surface area contributed by atoms with Crippen molar-refractivity contribution in [2.24, 2.45) is 5.92 Å². The van der Waals surface area contributed by atoms with E-state index in [9.17, 15) is 9.18 Å². The zero-order chi connectivity index (χ0) is 18.8. The smallest absolute Gasteiger partial charge is 0.253 e. The lowest BCUT2D eigenvalue weighted by molar-refractivity contribution is 0.0925. The van der Waals surface area contributed by atoms with Gasteiger partial charge in [0, 0.05) is 17.6 Å². The fraction of sp³-hybridized carbons (Fsp3) is 0.350. The van der Waals surface area contributed by atoms with Gasteiger partial charge in [0.2, 0.25) is 0 Å². The molecule has 2 heterocycles. The molecule has 136 valence electrons. The molecule has 1 amide bonds. The predicted octanol–water partition coefficient (Wildman–Crippen LogP) is 4.28. The van der Waals surface area contributed by atoms with Gasteiger partial charge in [0.1, 0.15) is 5.82 Å². The Balaban J connectivity index is 1.85. The van der Waals surface area contributed by atoms with Crippen LogP contribution in [0.15, 0.2) is 42.7 Å². The zero-order valence-electron chi connectivity index (χ0n) is 15.4. The average Bonchev–Trinajstić information content (AvgIpc) is 3.03. The van der Waals surface area contributed by atoms with Crippen LogP contribution in [0.4, 0.5) is 4.39 Å². The van der Waals surface area contributed by atoms with Crippen molar-refractivity contribution in [3.05, 3.63) is 59.7 Å². The van der Waals surface area contributed by atoms with E-state index in [1.54, 1.807) is 30.6 Å². The average molecular weight is 354 g/mol. The van der Waals surface area contributed by atoms with Crippen LogP contribution in [0.5, 0.6) is 0 Å². The second-order valence-corrected chi connectivity index (χ2v) is 7.07. The Hall–Kier alpha value is -2.76. The number of nitrogens with zero attached hydrogens (tertiary/aromatic N) is 3. The molecule has 6 heteroatoms. The third-order valence-corrected chi connectivity index (χ3v) is 4.37. The predicted molar refractivity (Wildman–Crippen MR) is 99.4 cm³/mol. The van der Waals surface area contributed by atoms with E-state index in [4.69, 9.17) is 0 Å². The number of carbonyl (C=O) groups excluding carboxylic acids is 1. The fourth-order valence-electron chi connectivity index (χ4n) is 2.97. The molecular weight excluding hydrogens is 331 g/mol. The zero-order valence-corrected chi connectivity index (χ0v) is 15.4. The summed E-state index contributed by atoms with van der Waals surface area (Å²) in [7, 11) is 0. The van der Waals surface area contributed by atoms with Crippen LogP contribution in [0, 0.1) is 11.7 Å². The highest BCUT2D eigenvalue weighted by Gasteiger charge is 2.20. The molecule has 0 bridgehead atoms. The van der Waals surface area contributed by atoms with Crippen molar-refractivity contribution < 1.29 is 9.18 Å². The molecule has 3 rings (SSSR count). The maximum atomic E-state index is 13.2. The topological polar surface area (TPSA) is 59.8 Å². The first-order valence-electron chi connectivity index (χ1n) is 8.76. The summed E-state index contributed by atoms with van der Waals surface area (Å²) >= 11 is 0. The van der Waals surface area contributed by atoms with E-state index in [1.165, 1.54) is 12.1 Å². The Kier molecular flexibility index (Phi) is 5.02. The van der Waals surface area contributed by atoms with E-state index in [-0.39, 0.29) is 29.7 Å². The maximum Gasteiger partial charge on any atom is 0.253 e. The van der Waals surface area contributed by atoms with Gasteiger partial charge in [0.05, 0.1) is 17.8 Å². The van der Waals surface area contributed by atoms with Gasteiger partial charge in [-0.15, -0.1) is 0 Å². The van der Waals surface area contributed by atoms with Crippen molar-refractivity contribution in [1.82, 2.24) is 20.1 Å². The largest absolute Gasteiger partial charge is 0.345 e. The molecule has 1 aromatic carbocycles. The lowest BCUT2D eigenvalue weighted by Crippen LogP contribution is -2.31. The third-order valence-electron chi connectivity index (χ3n) is 4.37. The van der Waals surface area contributed by atoms with Crippen molar-refractivity contribution in [2.45, 2.75) is 39.8 Å².